The molecule has 1 heterocycles. The smallest absolute Gasteiger partial charge is 0.128 e. The molecule has 0 fully saturated rings. The molecule has 84 valence electrons. The van der Waals surface area contributed by atoms with Gasteiger partial charge in [-0.2, -0.15) is 0 Å². The average molecular weight is 236 g/mol. The molecule has 1 aromatic heterocycles. The summed E-state index contributed by atoms with van der Waals surface area (Å²) in [6, 6.07) is 6.09. The summed E-state index contributed by atoms with van der Waals surface area (Å²) in [7, 11) is 0. The molecule has 0 amide bonds. The van der Waals surface area contributed by atoms with Crippen molar-refractivity contribution in [3.05, 3.63) is 51.2 Å². The van der Waals surface area contributed by atoms with E-state index in [-0.39, 0.29) is 5.82 Å². The number of aromatic nitrogens is 1. The first kappa shape index (κ1) is 11.2. The molecule has 0 aliphatic rings. The normalized spacial score (nSPS) is 12.8. The van der Waals surface area contributed by atoms with Crippen LogP contribution in [-0.4, -0.2) is 4.98 Å². The summed E-state index contributed by atoms with van der Waals surface area (Å²) in [5, 5.41) is 0.764. The molecule has 4 heteroatoms. The van der Waals surface area contributed by atoms with Gasteiger partial charge in [0.1, 0.15) is 10.8 Å². The Kier molecular flexibility index (Phi) is 3.03. The fourth-order valence-electron chi connectivity index (χ4n) is 1.49. The van der Waals surface area contributed by atoms with E-state index in [1.165, 1.54) is 17.4 Å². The first-order valence-corrected chi connectivity index (χ1v) is 5.85. The molecule has 2 nitrogen and oxygen atoms in total. The van der Waals surface area contributed by atoms with E-state index in [2.05, 4.69) is 4.98 Å². The van der Waals surface area contributed by atoms with Gasteiger partial charge in [0, 0.05) is 10.4 Å². The quantitative estimate of drug-likeness (QED) is 0.870. The Morgan fingerprint density at radius 2 is 2.00 bits per heavy atom. The highest BCUT2D eigenvalue weighted by Gasteiger charge is 2.17. The minimum Gasteiger partial charge on any atom is -0.318 e. The fourth-order valence-corrected chi connectivity index (χ4v) is 2.43. The number of benzene rings is 1. The second-order valence-corrected chi connectivity index (χ2v) is 4.93. The highest BCUT2D eigenvalue weighted by molar-refractivity contribution is 7.11. The van der Waals surface area contributed by atoms with Gasteiger partial charge < -0.3 is 5.73 Å². The van der Waals surface area contributed by atoms with E-state index in [1.54, 1.807) is 18.2 Å². The number of hydrogen-bond acceptors (Lipinski definition) is 3. The van der Waals surface area contributed by atoms with Gasteiger partial charge in [-0.1, -0.05) is 18.2 Å². The van der Waals surface area contributed by atoms with Gasteiger partial charge in [0.15, 0.2) is 0 Å². The molecule has 0 saturated carbocycles. The number of rotatable bonds is 2. The van der Waals surface area contributed by atoms with Crippen LogP contribution in [0.25, 0.3) is 0 Å². The largest absolute Gasteiger partial charge is 0.318 e. The summed E-state index contributed by atoms with van der Waals surface area (Å²) >= 11 is 1.52. The molecular weight excluding hydrogens is 223 g/mol. The van der Waals surface area contributed by atoms with E-state index in [0.717, 1.165) is 15.6 Å². The second kappa shape index (κ2) is 4.31. The van der Waals surface area contributed by atoms with Crippen LogP contribution >= 0.6 is 11.3 Å². The lowest BCUT2D eigenvalue weighted by Crippen LogP contribution is -2.13. The van der Waals surface area contributed by atoms with Crippen molar-refractivity contribution in [3.63, 3.8) is 0 Å². The highest BCUT2D eigenvalue weighted by atomic mass is 32.1. The number of hydrogen-bond donors (Lipinski definition) is 1. The Bertz CT molecular complexity index is 488. The standard InChI is InChI=1S/C12H13FN2S/c1-7-8(2)16-12(15-7)11(14)9-5-3-4-6-10(9)13/h3-6,11H,14H2,1-2H3. The summed E-state index contributed by atoms with van der Waals surface area (Å²) in [5.41, 5.74) is 7.47. The molecule has 1 unspecified atom stereocenters. The first-order chi connectivity index (χ1) is 7.59. The van der Waals surface area contributed by atoms with Crippen molar-refractivity contribution < 1.29 is 4.39 Å². The average Bonchev–Trinajstić information content (AvgIpc) is 2.59. The van der Waals surface area contributed by atoms with Crippen LogP contribution in [0.2, 0.25) is 0 Å². The molecule has 0 saturated heterocycles. The third kappa shape index (κ3) is 1.99. The summed E-state index contributed by atoms with van der Waals surface area (Å²) in [5.74, 6) is -0.277. The lowest BCUT2D eigenvalue weighted by Gasteiger charge is -2.09. The maximum absolute atomic E-state index is 13.5. The van der Waals surface area contributed by atoms with Gasteiger partial charge in [-0.25, -0.2) is 9.37 Å². The van der Waals surface area contributed by atoms with Crippen LogP contribution in [0.15, 0.2) is 24.3 Å². The van der Waals surface area contributed by atoms with Gasteiger partial charge in [-0.3, -0.25) is 0 Å². The van der Waals surface area contributed by atoms with E-state index in [1.807, 2.05) is 13.8 Å². The van der Waals surface area contributed by atoms with Crippen LogP contribution in [0.5, 0.6) is 0 Å². The molecule has 1 aromatic carbocycles. The van der Waals surface area contributed by atoms with Crippen LogP contribution in [0, 0.1) is 19.7 Å². The van der Waals surface area contributed by atoms with Crippen molar-refractivity contribution in [2.75, 3.05) is 0 Å². The summed E-state index contributed by atoms with van der Waals surface area (Å²) < 4.78 is 13.5. The Balaban J connectivity index is 2.39. The van der Waals surface area contributed by atoms with Crippen molar-refractivity contribution in [2.45, 2.75) is 19.9 Å². The lowest BCUT2D eigenvalue weighted by atomic mass is 10.1. The van der Waals surface area contributed by atoms with Crippen LogP contribution < -0.4 is 5.73 Å². The zero-order valence-electron chi connectivity index (χ0n) is 9.20. The molecule has 0 spiro atoms. The van der Waals surface area contributed by atoms with Crippen LogP contribution in [0.1, 0.15) is 27.2 Å². The summed E-state index contributed by atoms with van der Waals surface area (Å²) in [6.07, 6.45) is 0. The van der Waals surface area contributed by atoms with E-state index in [9.17, 15) is 4.39 Å². The molecule has 0 aliphatic heterocycles. The van der Waals surface area contributed by atoms with E-state index >= 15 is 0 Å². The third-order valence-electron chi connectivity index (χ3n) is 2.55. The molecule has 16 heavy (non-hydrogen) atoms. The SMILES string of the molecule is Cc1nc(C(N)c2ccccc2F)sc1C. The fraction of sp³-hybridized carbons (Fsp3) is 0.250. The third-order valence-corrected chi connectivity index (χ3v) is 3.71. The van der Waals surface area contributed by atoms with Crippen LogP contribution in [0.3, 0.4) is 0 Å². The predicted molar refractivity (Wildman–Crippen MR) is 64.0 cm³/mol. The molecule has 1 atom stereocenters. The second-order valence-electron chi connectivity index (χ2n) is 3.69. The molecule has 0 radical (unpaired) electrons. The van der Waals surface area contributed by atoms with Gasteiger partial charge in [0.05, 0.1) is 11.7 Å². The molecule has 0 aliphatic carbocycles. The molecule has 2 aromatic rings. The summed E-state index contributed by atoms with van der Waals surface area (Å²) in [6.45, 7) is 3.92. The number of nitrogens with two attached hydrogens (primary N) is 1. The Morgan fingerprint density at radius 3 is 2.56 bits per heavy atom. The summed E-state index contributed by atoms with van der Waals surface area (Å²) in [4.78, 5) is 5.48. The maximum atomic E-state index is 13.5. The Hall–Kier alpha value is -1.26. The molecule has 2 rings (SSSR count). The van der Waals surface area contributed by atoms with Gasteiger partial charge in [-0.15, -0.1) is 11.3 Å². The van der Waals surface area contributed by atoms with Gasteiger partial charge >= 0.3 is 0 Å². The van der Waals surface area contributed by atoms with E-state index < -0.39 is 6.04 Å². The lowest BCUT2D eigenvalue weighted by molar-refractivity contribution is 0.599. The van der Waals surface area contributed by atoms with Crippen LogP contribution in [-0.2, 0) is 0 Å². The van der Waals surface area contributed by atoms with Gasteiger partial charge in [0.25, 0.3) is 0 Å². The zero-order valence-corrected chi connectivity index (χ0v) is 10.0. The van der Waals surface area contributed by atoms with Crippen molar-refractivity contribution >= 4 is 11.3 Å². The predicted octanol–water partition coefficient (Wildman–Crippen LogP) is 2.95. The molecular formula is C12H13FN2S. The van der Waals surface area contributed by atoms with Crippen molar-refractivity contribution in [1.29, 1.82) is 0 Å². The van der Waals surface area contributed by atoms with Crippen LogP contribution in [0.4, 0.5) is 4.39 Å². The van der Waals surface area contributed by atoms with Gasteiger partial charge in [0.2, 0.25) is 0 Å². The maximum Gasteiger partial charge on any atom is 0.128 e. The van der Waals surface area contributed by atoms with Crippen molar-refractivity contribution in [2.24, 2.45) is 5.73 Å². The number of thiazole rings is 1. The van der Waals surface area contributed by atoms with E-state index in [4.69, 9.17) is 5.73 Å². The number of aryl methyl sites for hydroxylation is 2. The van der Waals surface area contributed by atoms with Crippen molar-refractivity contribution in [1.82, 2.24) is 4.98 Å². The monoisotopic (exact) mass is 236 g/mol. The molecule has 0 bridgehead atoms. The van der Waals surface area contributed by atoms with E-state index in [0.29, 0.717) is 5.56 Å². The number of halogens is 1. The Morgan fingerprint density at radius 1 is 1.31 bits per heavy atom. The topological polar surface area (TPSA) is 38.9 Å². The van der Waals surface area contributed by atoms with Crippen molar-refractivity contribution in [3.8, 4) is 0 Å². The number of nitrogens with zero attached hydrogens (tertiary/aromatic N) is 1. The Labute approximate surface area is 97.9 Å². The minimum absolute atomic E-state index is 0.277. The highest BCUT2D eigenvalue weighted by Crippen LogP contribution is 2.27. The molecule has 2 N–H and O–H groups in total. The van der Waals surface area contributed by atoms with Gasteiger partial charge in [-0.05, 0) is 19.9 Å². The minimum atomic E-state index is -0.474. The zero-order chi connectivity index (χ0) is 11.7. The first-order valence-electron chi connectivity index (χ1n) is 5.03.